The van der Waals surface area contributed by atoms with Crippen molar-refractivity contribution in [3.63, 3.8) is 0 Å². The van der Waals surface area contributed by atoms with Crippen molar-refractivity contribution in [2.45, 2.75) is 44.6 Å². The number of carbonyl (C=O) groups excluding carboxylic acids is 1. The predicted molar refractivity (Wildman–Crippen MR) is 102 cm³/mol. The van der Waals surface area contributed by atoms with Crippen LogP contribution in [0.2, 0.25) is 0 Å². The number of hydrogen-bond acceptors (Lipinski definition) is 4. The van der Waals surface area contributed by atoms with Crippen LogP contribution in [-0.4, -0.2) is 44.3 Å². The number of nitrogens with zero attached hydrogens (tertiary/aromatic N) is 4. The maximum Gasteiger partial charge on any atom is 0.396 e. The second-order valence-electron chi connectivity index (χ2n) is 6.70. The van der Waals surface area contributed by atoms with Gasteiger partial charge in [-0.05, 0) is 30.2 Å². The first-order valence-electron chi connectivity index (χ1n) is 8.57. The third-order valence-corrected chi connectivity index (χ3v) is 4.47. The summed E-state index contributed by atoms with van der Waals surface area (Å²) in [5.74, 6) is -1.46. The number of nitrogens with two attached hydrogens (primary N) is 1. The lowest BCUT2D eigenvalue weighted by atomic mass is 10.0. The average Bonchev–Trinajstić information content (AvgIpc) is 2.98. The molecular formula is C17H20Cl2F5N5O. The molecule has 1 aliphatic rings. The second kappa shape index (κ2) is 10.4. The van der Waals surface area contributed by atoms with Gasteiger partial charge in [-0.15, -0.1) is 35.0 Å². The molecule has 30 heavy (non-hydrogen) atoms. The van der Waals surface area contributed by atoms with Gasteiger partial charge in [0.15, 0.2) is 5.82 Å². The van der Waals surface area contributed by atoms with Crippen LogP contribution in [0.5, 0.6) is 0 Å². The number of benzene rings is 1. The van der Waals surface area contributed by atoms with E-state index >= 15 is 0 Å². The van der Waals surface area contributed by atoms with Crippen molar-refractivity contribution in [2.24, 2.45) is 5.73 Å². The lowest BCUT2D eigenvalue weighted by Gasteiger charge is -2.29. The van der Waals surface area contributed by atoms with E-state index in [1.54, 1.807) is 0 Å². The molecule has 0 saturated carbocycles. The Balaban J connectivity index is 0.00000225. The van der Waals surface area contributed by atoms with E-state index in [1.165, 1.54) is 9.47 Å². The van der Waals surface area contributed by atoms with Crippen LogP contribution in [0.4, 0.5) is 22.0 Å². The van der Waals surface area contributed by atoms with Gasteiger partial charge in [0.25, 0.3) is 0 Å². The fraction of sp³-hybridized carbons (Fsp3) is 0.471. The minimum absolute atomic E-state index is 0. The van der Waals surface area contributed by atoms with Crippen LogP contribution in [0, 0.1) is 11.6 Å². The van der Waals surface area contributed by atoms with Gasteiger partial charge in [0, 0.05) is 25.6 Å². The SMILES string of the molecule is Cl.Cl.N[C@@H](CC(=O)N1CCn2c(nnc2CC(F)(F)F)C1)Cc1cc(F)ccc1F. The van der Waals surface area contributed by atoms with Crippen molar-refractivity contribution in [3.8, 4) is 0 Å². The van der Waals surface area contributed by atoms with Crippen LogP contribution in [0.3, 0.4) is 0 Å². The van der Waals surface area contributed by atoms with E-state index < -0.39 is 30.3 Å². The smallest absolute Gasteiger partial charge is 0.333 e. The molecule has 1 aromatic heterocycles. The second-order valence-corrected chi connectivity index (χ2v) is 6.70. The Labute approximate surface area is 181 Å². The summed E-state index contributed by atoms with van der Waals surface area (Å²) in [6.07, 6.45) is -5.71. The van der Waals surface area contributed by atoms with Crippen molar-refractivity contribution >= 4 is 30.7 Å². The summed E-state index contributed by atoms with van der Waals surface area (Å²) in [5, 5.41) is 7.30. The fourth-order valence-corrected chi connectivity index (χ4v) is 3.15. The summed E-state index contributed by atoms with van der Waals surface area (Å²) in [7, 11) is 0. The third-order valence-electron chi connectivity index (χ3n) is 4.47. The number of fused-ring (bicyclic) bond motifs is 1. The molecule has 1 aliphatic heterocycles. The minimum atomic E-state index is -4.39. The number of rotatable bonds is 5. The zero-order valence-corrected chi connectivity index (χ0v) is 17.2. The topological polar surface area (TPSA) is 77.0 Å². The molecule has 3 rings (SSSR count). The normalized spacial score (nSPS) is 14.4. The molecule has 0 unspecified atom stereocenters. The Morgan fingerprint density at radius 1 is 1.17 bits per heavy atom. The standard InChI is InChI=1S/C17H18F5N5O.2ClH/c18-11-1-2-13(19)10(5-11)6-12(23)7-16(28)26-3-4-27-14(8-17(20,21)22)24-25-15(27)9-26;;/h1-2,5,12H,3-4,6-9,23H2;2*1H/t12-;;/m1../s1. The molecular weight excluding hydrogens is 456 g/mol. The van der Waals surface area contributed by atoms with Crippen LogP contribution in [0.1, 0.15) is 23.6 Å². The molecule has 0 aliphatic carbocycles. The third kappa shape index (κ3) is 6.51. The van der Waals surface area contributed by atoms with E-state index in [0.717, 1.165) is 18.2 Å². The predicted octanol–water partition coefficient (Wildman–Crippen LogP) is 2.81. The first kappa shape index (κ1) is 26.1. The molecule has 0 fully saturated rings. The van der Waals surface area contributed by atoms with Gasteiger partial charge in [-0.2, -0.15) is 13.2 Å². The van der Waals surface area contributed by atoms with E-state index in [0.29, 0.717) is 0 Å². The fourth-order valence-electron chi connectivity index (χ4n) is 3.15. The van der Waals surface area contributed by atoms with Crippen LogP contribution in [-0.2, 0) is 30.7 Å². The number of amides is 1. The highest BCUT2D eigenvalue weighted by Crippen LogP contribution is 2.22. The van der Waals surface area contributed by atoms with Crippen molar-refractivity contribution in [1.82, 2.24) is 19.7 Å². The first-order chi connectivity index (χ1) is 13.1. The molecule has 0 radical (unpaired) electrons. The van der Waals surface area contributed by atoms with Crippen LogP contribution >= 0.6 is 24.8 Å². The number of aromatic nitrogens is 3. The van der Waals surface area contributed by atoms with Crippen LogP contribution < -0.4 is 5.73 Å². The summed E-state index contributed by atoms with van der Waals surface area (Å²) >= 11 is 0. The molecule has 6 nitrogen and oxygen atoms in total. The van der Waals surface area contributed by atoms with E-state index in [2.05, 4.69) is 10.2 Å². The van der Waals surface area contributed by atoms with Gasteiger partial charge >= 0.3 is 6.18 Å². The zero-order chi connectivity index (χ0) is 20.5. The lowest BCUT2D eigenvalue weighted by molar-refractivity contribution is -0.134. The highest BCUT2D eigenvalue weighted by atomic mass is 35.5. The highest BCUT2D eigenvalue weighted by molar-refractivity contribution is 5.85. The van der Waals surface area contributed by atoms with Crippen molar-refractivity contribution in [2.75, 3.05) is 6.54 Å². The molecule has 1 atom stereocenters. The molecule has 2 aromatic rings. The lowest BCUT2D eigenvalue weighted by Crippen LogP contribution is -2.41. The van der Waals surface area contributed by atoms with E-state index in [9.17, 15) is 26.7 Å². The minimum Gasteiger partial charge on any atom is -0.333 e. The number of halogens is 7. The maximum atomic E-state index is 13.7. The number of hydrogen-bond donors (Lipinski definition) is 1. The largest absolute Gasteiger partial charge is 0.396 e. The maximum absolute atomic E-state index is 13.7. The molecule has 168 valence electrons. The van der Waals surface area contributed by atoms with Crippen molar-refractivity contribution in [3.05, 3.63) is 47.0 Å². The quantitative estimate of drug-likeness (QED) is 0.674. The van der Waals surface area contributed by atoms with E-state index in [-0.39, 0.29) is 80.4 Å². The summed E-state index contributed by atoms with van der Waals surface area (Å²) < 4.78 is 66.0. The monoisotopic (exact) mass is 475 g/mol. The van der Waals surface area contributed by atoms with E-state index in [1.807, 2.05) is 0 Å². The highest BCUT2D eigenvalue weighted by Gasteiger charge is 2.33. The van der Waals surface area contributed by atoms with Gasteiger partial charge in [0.1, 0.15) is 23.9 Å². The van der Waals surface area contributed by atoms with Gasteiger partial charge < -0.3 is 15.2 Å². The van der Waals surface area contributed by atoms with Gasteiger partial charge in [-0.3, -0.25) is 4.79 Å². The Hall–Kier alpha value is -1.98. The molecule has 1 aromatic carbocycles. The first-order valence-corrected chi connectivity index (χ1v) is 8.57. The Kier molecular flexibility index (Phi) is 9.00. The number of carbonyl (C=O) groups is 1. The Morgan fingerprint density at radius 3 is 2.53 bits per heavy atom. The molecule has 2 heterocycles. The van der Waals surface area contributed by atoms with Crippen molar-refractivity contribution < 1.29 is 26.7 Å². The molecule has 1 amide bonds. The molecule has 0 saturated heterocycles. The summed E-state index contributed by atoms with van der Waals surface area (Å²) in [6, 6.07) is 2.29. The van der Waals surface area contributed by atoms with Gasteiger partial charge in [0.05, 0.1) is 6.54 Å². The molecule has 2 N–H and O–H groups in total. The summed E-state index contributed by atoms with van der Waals surface area (Å²) in [5.41, 5.74) is 5.98. The average molecular weight is 476 g/mol. The molecule has 0 spiro atoms. The van der Waals surface area contributed by atoms with Gasteiger partial charge in [0.2, 0.25) is 5.91 Å². The van der Waals surface area contributed by atoms with Crippen molar-refractivity contribution in [1.29, 1.82) is 0 Å². The van der Waals surface area contributed by atoms with Crippen LogP contribution in [0.15, 0.2) is 18.2 Å². The zero-order valence-electron chi connectivity index (χ0n) is 15.5. The van der Waals surface area contributed by atoms with Gasteiger partial charge in [-0.1, -0.05) is 0 Å². The molecule has 0 bridgehead atoms. The number of alkyl halides is 3. The van der Waals surface area contributed by atoms with Gasteiger partial charge in [-0.25, -0.2) is 8.78 Å². The van der Waals surface area contributed by atoms with E-state index in [4.69, 9.17) is 5.73 Å². The summed E-state index contributed by atoms with van der Waals surface area (Å²) in [6.45, 7) is 0.355. The van der Waals surface area contributed by atoms with Crippen LogP contribution in [0.25, 0.3) is 0 Å². The molecule has 13 heteroatoms. The summed E-state index contributed by atoms with van der Waals surface area (Å²) in [4.78, 5) is 13.9. The Morgan fingerprint density at radius 2 is 1.87 bits per heavy atom. The Bertz CT molecular complexity index is 877.